The van der Waals surface area contributed by atoms with Crippen LogP contribution in [0.2, 0.25) is 0 Å². The van der Waals surface area contributed by atoms with Crippen LogP contribution < -0.4 is 0 Å². The average molecular weight is 727 g/mol. The monoisotopic (exact) mass is 726 g/mol. The molecule has 0 aliphatic heterocycles. The molecule has 0 saturated heterocycles. The van der Waals surface area contributed by atoms with Crippen LogP contribution in [0.15, 0.2) is 182 Å². The molecular weight excluding hydrogens is 689 g/mol. The molecule has 2 nitrogen and oxygen atoms in total. The van der Waals surface area contributed by atoms with Gasteiger partial charge in [0.1, 0.15) is 0 Å². The van der Waals surface area contributed by atoms with Gasteiger partial charge in [-0.25, -0.2) is 9.97 Å². The summed E-state index contributed by atoms with van der Waals surface area (Å²) in [5.74, 6) is 0.273. The smallest absolute Gasteiger partial charge is 0.0931 e. The number of fused-ring (bicyclic) bond motifs is 11. The maximum atomic E-state index is 5.51. The summed E-state index contributed by atoms with van der Waals surface area (Å²) in [6, 6.07) is 67.4. The van der Waals surface area contributed by atoms with Crippen molar-refractivity contribution in [2.75, 3.05) is 0 Å². The number of hydrogen-bond donors (Lipinski definition) is 0. The van der Waals surface area contributed by atoms with Gasteiger partial charge in [-0.15, -0.1) is 0 Å². The van der Waals surface area contributed by atoms with Crippen molar-refractivity contribution in [1.29, 1.82) is 0 Å². The molecule has 9 aromatic carbocycles. The highest BCUT2D eigenvalue weighted by Crippen LogP contribution is 2.51. The van der Waals surface area contributed by atoms with Crippen LogP contribution in [0.5, 0.6) is 0 Å². The van der Waals surface area contributed by atoms with Gasteiger partial charge >= 0.3 is 0 Å². The van der Waals surface area contributed by atoms with Gasteiger partial charge in [0.05, 0.1) is 22.4 Å². The zero-order chi connectivity index (χ0) is 37.5. The van der Waals surface area contributed by atoms with Crippen molar-refractivity contribution in [3.63, 3.8) is 0 Å². The Morgan fingerprint density at radius 2 is 1.00 bits per heavy atom. The molecule has 57 heavy (non-hydrogen) atoms. The second-order valence-corrected chi connectivity index (χ2v) is 15.9. The fraction of sp³-hybridized carbons (Fsp3) is 0.0909. The summed E-state index contributed by atoms with van der Waals surface area (Å²) in [6.07, 6.45) is 2.85. The highest BCUT2D eigenvalue weighted by Gasteiger charge is 2.33. The van der Waals surface area contributed by atoms with Gasteiger partial charge < -0.3 is 0 Å². The maximum absolute atomic E-state index is 5.51. The minimum atomic E-state index is 0.0499. The molecule has 0 spiro atoms. The topological polar surface area (TPSA) is 25.8 Å². The second kappa shape index (κ2) is 12.8. The quantitative estimate of drug-likeness (QED) is 0.169. The van der Waals surface area contributed by atoms with Gasteiger partial charge in [-0.05, 0) is 138 Å². The molecule has 0 N–H and O–H groups in total. The third kappa shape index (κ3) is 5.17. The summed E-state index contributed by atoms with van der Waals surface area (Å²) in [7, 11) is 0. The molecule has 0 fully saturated rings. The van der Waals surface area contributed by atoms with Crippen molar-refractivity contribution >= 4 is 43.4 Å². The van der Waals surface area contributed by atoms with E-state index in [2.05, 4.69) is 182 Å². The minimum absolute atomic E-state index is 0.0499. The van der Waals surface area contributed by atoms with Crippen molar-refractivity contribution in [3.05, 3.63) is 216 Å². The van der Waals surface area contributed by atoms with E-state index in [0.29, 0.717) is 0 Å². The first-order chi connectivity index (χ1) is 28.2. The van der Waals surface area contributed by atoms with Crippen molar-refractivity contribution in [2.24, 2.45) is 0 Å². The first-order valence-electron chi connectivity index (χ1n) is 20.3. The molecule has 2 heteroatoms. The molecule has 268 valence electrons. The van der Waals surface area contributed by atoms with Gasteiger partial charge in [0, 0.05) is 17.4 Å². The number of nitrogens with zero attached hydrogens (tertiary/aromatic N) is 2. The molecule has 1 heterocycles. The third-order valence-corrected chi connectivity index (χ3v) is 12.8. The molecule has 0 radical (unpaired) electrons. The Kier molecular flexibility index (Phi) is 7.28. The molecule has 2 aliphatic carbocycles. The minimum Gasteiger partial charge on any atom is -0.248 e. The summed E-state index contributed by atoms with van der Waals surface area (Å²) >= 11 is 0. The average Bonchev–Trinajstić information content (AvgIpc) is 3.43. The van der Waals surface area contributed by atoms with Crippen LogP contribution in [0.3, 0.4) is 0 Å². The number of hydrogen-bond acceptors (Lipinski definition) is 2. The van der Waals surface area contributed by atoms with E-state index in [4.69, 9.17) is 9.97 Å². The lowest BCUT2D eigenvalue weighted by Crippen LogP contribution is -2.14. The van der Waals surface area contributed by atoms with Crippen LogP contribution in [0.1, 0.15) is 51.8 Å². The number of para-hydroxylation sites is 2. The van der Waals surface area contributed by atoms with Crippen LogP contribution in [-0.4, -0.2) is 9.97 Å². The lowest BCUT2D eigenvalue weighted by Gasteiger charge is -2.31. The zero-order valence-corrected chi connectivity index (χ0v) is 31.5. The van der Waals surface area contributed by atoms with Crippen molar-refractivity contribution in [2.45, 2.75) is 31.1 Å². The van der Waals surface area contributed by atoms with Crippen LogP contribution in [0.4, 0.5) is 0 Å². The lowest BCUT2D eigenvalue weighted by atomic mass is 9.72. The highest BCUT2D eigenvalue weighted by atomic mass is 14.8. The van der Waals surface area contributed by atoms with E-state index in [-0.39, 0.29) is 11.8 Å². The molecular formula is C55H38N2. The lowest BCUT2D eigenvalue weighted by molar-refractivity contribution is 0.706. The number of aryl methyl sites for hydroxylation is 1. The fourth-order valence-electron chi connectivity index (χ4n) is 10.2. The first kappa shape index (κ1) is 32.4. The predicted molar refractivity (Wildman–Crippen MR) is 237 cm³/mol. The molecule has 1 aromatic heterocycles. The molecule has 0 saturated carbocycles. The number of benzene rings is 9. The Balaban J connectivity index is 1.11. The molecule has 2 aliphatic rings. The molecule has 2 atom stereocenters. The van der Waals surface area contributed by atoms with Gasteiger partial charge in [0.25, 0.3) is 0 Å². The van der Waals surface area contributed by atoms with E-state index in [9.17, 15) is 0 Å². The summed E-state index contributed by atoms with van der Waals surface area (Å²) in [4.78, 5) is 10.9. The van der Waals surface area contributed by atoms with E-state index in [1.165, 1.54) is 82.4 Å². The standard InChI is InChI=1S/C55H38N2/c1-2-14-34(15-3-1)54-55(57-53-25-13-12-24-52(53)56-54)44-27-26-39-32-50-49(46-30-37-18-6-8-20-40(37)42-22-10-11-23-43(42)46)31-38-19-7-9-21-41(38)51(50)33-45(39)48-29-36-17-5-4-16-35(36)28-47(44)48/h1-25,28-30,32-33,44,49H,26-27,31H2/t44-,49?/m0/s1. The van der Waals surface area contributed by atoms with Gasteiger partial charge in [0.15, 0.2) is 0 Å². The second-order valence-electron chi connectivity index (χ2n) is 15.9. The van der Waals surface area contributed by atoms with Gasteiger partial charge in [-0.2, -0.15) is 0 Å². The summed E-state index contributed by atoms with van der Waals surface area (Å²) in [6.45, 7) is 0. The Labute approximate surface area is 332 Å². The van der Waals surface area contributed by atoms with Crippen molar-refractivity contribution < 1.29 is 0 Å². The van der Waals surface area contributed by atoms with Crippen molar-refractivity contribution in [3.8, 4) is 33.5 Å². The predicted octanol–water partition coefficient (Wildman–Crippen LogP) is 13.9. The van der Waals surface area contributed by atoms with E-state index >= 15 is 0 Å². The fourth-order valence-corrected chi connectivity index (χ4v) is 10.2. The molecule has 10 aromatic rings. The molecule has 12 rings (SSSR count). The summed E-state index contributed by atoms with van der Waals surface area (Å²) in [5.41, 5.74) is 17.4. The Morgan fingerprint density at radius 3 is 1.84 bits per heavy atom. The normalized spacial score (nSPS) is 15.9. The van der Waals surface area contributed by atoms with Crippen molar-refractivity contribution in [1.82, 2.24) is 9.97 Å². The Hall–Kier alpha value is -6.90. The summed E-state index contributed by atoms with van der Waals surface area (Å²) < 4.78 is 0. The van der Waals surface area contributed by atoms with Gasteiger partial charge in [-0.1, -0.05) is 146 Å². The van der Waals surface area contributed by atoms with Gasteiger partial charge in [0.2, 0.25) is 0 Å². The number of aromatic nitrogens is 2. The van der Waals surface area contributed by atoms with E-state index in [0.717, 1.165) is 47.2 Å². The largest absolute Gasteiger partial charge is 0.248 e. The third-order valence-electron chi connectivity index (χ3n) is 12.8. The van der Waals surface area contributed by atoms with Crippen LogP contribution in [-0.2, 0) is 12.8 Å². The van der Waals surface area contributed by atoms with Gasteiger partial charge in [-0.3, -0.25) is 0 Å². The molecule has 0 bridgehead atoms. The van der Waals surface area contributed by atoms with E-state index < -0.39 is 0 Å². The van der Waals surface area contributed by atoms with E-state index in [1.54, 1.807) is 0 Å². The molecule has 0 amide bonds. The van der Waals surface area contributed by atoms with Crippen LogP contribution in [0.25, 0.3) is 76.9 Å². The Morgan fingerprint density at radius 1 is 0.386 bits per heavy atom. The SMILES string of the molecule is c1ccc(-c2nc3ccccc3nc2[C@H]2CCc3cc4c(cc3-c3cc5ccccc5cc32)-c2ccccc2CC4c2cc3ccccc3c3ccccc23)cc1. The molecule has 1 unspecified atom stereocenters. The van der Waals surface area contributed by atoms with E-state index in [1.807, 2.05) is 0 Å². The first-order valence-corrected chi connectivity index (χ1v) is 20.3. The Bertz CT molecular complexity index is 3230. The van der Waals surface area contributed by atoms with Crippen LogP contribution >= 0.6 is 0 Å². The highest BCUT2D eigenvalue weighted by molar-refractivity contribution is 6.09. The number of rotatable bonds is 3. The zero-order valence-electron chi connectivity index (χ0n) is 31.5. The van der Waals surface area contributed by atoms with Crippen LogP contribution in [0, 0.1) is 0 Å². The maximum Gasteiger partial charge on any atom is 0.0931 e. The summed E-state index contributed by atoms with van der Waals surface area (Å²) in [5, 5.41) is 7.81.